The zero-order valence-electron chi connectivity index (χ0n) is 11.3. The summed E-state index contributed by atoms with van der Waals surface area (Å²) in [5, 5.41) is 18.5. The van der Waals surface area contributed by atoms with Gasteiger partial charge in [-0.25, -0.2) is 0 Å². The summed E-state index contributed by atoms with van der Waals surface area (Å²) in [4.78, 5) is 2.10. The zero-order chi connectivity index (χ0) is 13.1. The number of likely N-dealkylation sites (N-methyl/N-ethyl adjacent to an activating group) is 1. The van der Waals surface area contributed by atoms with Crippen LogP contribution in [0, 0.1) is 0 Å². The van der Waals surface area contributed by atoms with Crippen molar-refractivity contribution in [2.75, 3.05) is 46.6 Å². The van der Waals surface area contributed by atoms with Crippen LogP contribution in [-0.2, 0) is 9.47 Å². The van der Waals surface area contributed by atoms with Gasteiger partial charge in [-0.15, -0.1) is 0 Å². The van der Waals surface area contributed by atoms with Crippen molar-refractivity contribution in [2.45, 2.75) is 32.5 Å². The number of methoxy groups -OCH3 is 1. The van der Waals surface area contributed by atoms with Gasteiger partial charge in [-0.2, -0.15) is 0 Å². The number of hydrogen-bond acceptors (Lipinski definition) is 5. The van der Waals surface area contributed by atoms with Gasteiger partial charge in [-0.05, 0) is 19.9 Å². The predicted molar refractivity (Wildman–Crippen MR) is 67.1 cm³/mol. The molecule has 0 radical (unpaired) electrons. The molecule has 0 aliphatic rings. The molecule has 0 amide bonds. The minimum Gasteiger partial charge on any atom is -0.396 e. The van der Waals surface area contributed by atoms with Crippen molar-refractivity contribution in [1.29, 1.82) is 0 Å². The molecule has 2 atom stereocenters. The molecule has 2 unspecified atom stereocenters. The van der Waals surface area contributed by atoms with E-state index in [1.54, 1.807) is 7.11 Å². The van der Waals surface area contributed by atoms with Crippen LogP contribution >= 0.6 is 0 Å². The molecule has 0 saturated heterocycles. The Kier molecular flexibility index (Phi) is 10.8. The summed E-state index contributed by atoms with van der Waals surface area (Å²) in [7, 11) is 1.63. The normalized spacial score (nSPS) is 15.2. The maximum atomic E-state index is 9.80. The summed E-state index contributed by atoms with van der Waals surface area (Å²) in [5.41, 5.74) is 0. The fourth-order valence-corrected chi connectivity index (χ4v) is 1.58. The lowest BCUT2D eigenvalue weighted by molar-refractivity contribution is -0.0396. The highest BCUT2D eigenvalue weighted by atomic mass is 16.5. The number of aliphatic hydroxyl groups excluding tert-OH is 2. The number of rotatable bonds is 11. The van der Waals surface area contributed by atoms with Crippen molar-refractivity contribution in [3.8, 4) is 0 Å². The second-order valence-corrected chi connectivity index (χ2v) is 4.22. The quantitative estimate of drug-likeness (QED) is 0.544. The van der Waals surface area contributed by atoms with Crippen LogP contribution in [-0.4, -0.2) is 73.9 Å². The van der Waals surface area contributed by atoms with E-state index in [2.05, 4.69) is 4.90 Å². The van der Waals surface area contributed by atoms with Gasteiger partial charge in [0.2, 0.25) is 0 Å². The van der Waals surface area contributed by atoms with E-state index < -0.39 is 6.10 Å². The molecule has 0 aromatic heterocycles. The molecule has 0 aromatic rings. The van der Waals surface area contributed by atoms with Crippen LogP contribution in [0.25, 0.3) is 0 Å². The second-order valence-electron chi connectivity index (χ2n) is 4.22. The Morgan fingerprint density at radius 3 is 2.53 bits per heavy atom. The molecule has 0 spiro atoms. The third kappa shape index (κ3) is 9.50. The van der Waals surface area contributed by atoms with Gasteiger partial charge < -0.3 is 24.6 Å². The highest BCUT2D eigenvalue weighted by molar-refractivity contribution is 4.64. The van der Waals surface area contributed by atoms with Crippen LogP contribution in [0.2, 0.25) is 0 Å². The molecule has 2 N–H and O–H groups in total. The molecule has 0 saturated carbocycles. The third-order valence-electron chi connectivity index (χ3n) is 2.52. The van der Waals surface area contributed by atoms with Crippen LogP contribution in [0.4, 0.5) is 0 Å². The Morgan fingerprint density at radius 2 is 2.00 bits per heavy atom. The Morgan fingerprint density at radius 1 is 1.29 bits per heavy atom. The average molecular weight is 249 g/mol. The first-order valence-electron chi connectivity index (χ1n) is 6.25. The van der Waals surface area contributed by atoms with E-state index in [9.17, 15) is 5.11 Å². The number of aliphatic hydroxyl groups is 2. The summed E-state index contributed by atoms with van der Waals surface area (Å²) >= 11 is 0. The molecule has 0 aliphatic carbocycles. The van der Waals surface area contributed by atoms with Gasteiger partial charge in [-0.1, -0.05) is 6.92 Å². The molecule has 0 rings (SSSR count). The first kappa shape index (κ1) is 16.8. The van der Waals surface area contributed by atoms with Gasteiger partial charge in [0.15, 0.2) is 0 Å². The van der Waals surface area contributed by atoms with Gasteiger partial charge >= 0.3 is 0 Å². The molecule has 104 valence electrons. The summed E-state index contributed by atoms with van der Waals surface area (Å²) in [5.74, 6) is 0. The average Bonchev–Trinajstić information content (AvgIpc) is 2.32. The summed E-state index contributed by atoms with van der Waals surface area (Å²) < 4.78 is 10.4. The number of nitrogens with zero attached hydrogens (tertiary/aromatic N) is 1. The van der Waals surface area contributed by atoms with E-state index in [1.807, 2.05) is 13.8 Å². The van der Waals surface area contributed by atoms with Crippen LogP contribution in [0.5, 0.6) is 0 Å². The molecule has 17 heavy (non-hydrogen) atoms. The van der Waals surface area contributed by atoms with Gasteiger partial charge in [0.1, 0.15) is 0 Å². The molecule has 5 nitrogen and oxygen atoms in total. The van der Waals surface area contributed by atoms with E-state index in [0.29, 0.717) is 19.8 Å². The molecule has 0 bridgehead atoms. The topological polar surface area (TPSA) is 62.2 Å². The second kappa shape index (κ2) is 10.9. The maximum absolute atomic E-state index is 9.80. The summed E-state index contributed by atoms with van der Waals surface area (Å²) in [6.45, 7) is 7.25. The largest absolute Gasteiger partial charge is 0.396 e. The Bertz CT molecular complexity index is 169. The highest BCUT2D eigenvalue weighted by Crippen LogP contribution is 1.98. The highest BCUT2D eigenvalue weighted by Gasteiger charge is 2.12. The summed E-state index contributed by atoms with van der Waals surface area (Å²) in [6.07, 6.45) is 0.247. The van der Waals surface area contributed by atoms with Gasteiger partial charge in [-0.3, -0.25) is 0 Å². The van der Waals surface area contributed by atoms with Crippen LogP contribution < -0.4 is 0 Å². The van der Waals surface area contributed by atoms with E-state index in [-0.39, 0.29) is 12.7 Å². The van der Waals surface area contributed by atoms with Crippen molar-refractivity contribution in [1.82, 2.24) is 4.90 Å². The fourth-order valence-electron chi connectivity index (χ4n) is 1.58. The summed E-state index contributed by atoms with van der Waals surface area (Å²) in [6, 6.07) is 0. The Hall–Kier alpha value is -0.200. The molecule has 0 fully saturated rings. The first-order valence-corrected chi connectivity index (χ1v) is 6.25. The van der Waals surface area contributed by atoms with Crippen molar-refractivity contribution in [3.63, 3.8) is 0 Å². The SMILES string of the molecule is CCN(CCCO)CC(O)COC(C)COC. The monoisotopic (exact) mass is 249 g/mol. The van der Waals surface area contributed by atoms with Gasteiger partial charge in [0.25, 0.3) is 0 Å². The molecule has 0 heterocycles. The van der Waals surface area contributed by atoms with Crippen molar-refractivity contribution >= 4 is 0 Å². The zero-order valence-corrected chi connectivity index (χ0v) is 11.3. The van der Waals surface area contributed by atoms with Crippen molar-refractivity contribution in [2.24, 2.45) is 0 Å². The first-order chi connectivity index (χ1) is 8.13. The molecular weight excluding hydrogens is 222 g/mol. The molecule has 0 aliphatic heterocycles. The van der Waals surface area contributed by atoms with Gasteiger partial charge in [0, 0.05) is 26.8 Å². The molecule has 5 heteroatoms. The van der Waals surface area contributed by atoms with Gasteiger partial charge in [0.05, 0.1) is 25.4 Å². The smallest absolute Gasteiger partial charge is 0.0900 e. The number of ether oxygens (including phenoxy) is 2. The van der Waals surface area contributed by atoms with Crippen LogP contribution in [0.1, 0.15) is 20.3 Å². The van der Waals surface area contributed by atoms with E-state index in [4.69, 9.17) is 14.6 Å². The standard InChI is InChI=1S/C12H27NO4/c1-4-13(6-5-7-14)8-12(15)10-17-11(2)9-16-3/h11-12,14-15H,4-10H2,1-3H3. The maximum Gasteiger partial charge on any atom is 0.0900 e. The Balaban J connectivity index is 3.70. The van der Waals surface area contributed by atoms with Crippen LogP contribution in [0.15, 0.2) is 0 Å². The fraction of sp³-hybridized carbons (Fsp3) is 1.00. The third-order valence-corrected chi connectivity index (χ3v) is 2.52. The number of hydrogen-bond donors (Lipinski definition) is 2. The van der Waals surface area contributed by atoms with Crippen LogP contribution in [0.3, 0.4) is 0 Å². The lowest BCUT2D eigenvalue weighted by Gasteiger charge is -2.24. The Labute approximate surface area is 104 Å². The van der Waals surface area contributed by atoms with E-state index >= 15 is 0 Å². The van der Waals surface area contributed by atoms with E-state index in [1.165, 1.54) is 0 Å². The molecular formula is C12H27NO4. The molecule has 0 aromatic carbocycles. The van der Waals surface area contributed by atoms with E-state index in [0.717, 1.165) is 19.5 Å². The van der Waals surface area contributed by atoms with Crippen molar-refractivity contribution in [3.05, 3.63) is 0 Å². The van der Waals surface area contributed by atoms with Crippen molar-refractivity contribution < 1.29 is 19.7 Å². The minimum atomic E-state index is -0.493. The minimum absolute atomic E-state index is 0.00201. The lowest BCUT2D eigenvalue weighted by atomic mass is 10.3. The predicted octanol–water partition coefficient (Wildman–Crippen LogP) is 0.103. The lowest BCUT2D eigenvalue weighted by Crippen LogP contribution is -2.36.